The lowest BCUT2D eigenvalue weighted by Crippen LogP contribution is -2.52. The molecule has 1 unspecified atom stereocenters. The van der Waals surface area contributed by atoms with Gasteiger partial charge in [0.1, 0.15) is 0 Å². The lowest BCUT2D eigenvalue weighted by Gasteiger charge is -2.34. The van der Waals surface area contributed by atoms with Gasteiger partial charge in [-0.25, -0.2) is 0 Å². The van der Waals surface area contributed by atoms with Crippen molar-refractivity contribution in [3.63, 3.8) is 0 Å². The summed E-state index contributed by atoms with van der Waals surface area (Å²) in [6.07, 6.45) is 1.02. The normalized spacial score (nSPS) is 15.3. The van der Waals surface area contributed by atoms with Crippen LogP contribution < -0.4 is 5.32 Å². The first kappa shape index (κ1) is 11.1. The quantitative estimate of drug-likeness (QED) is 0.445. The number of hydrogen-bond donors (Lipinski definition) is 1. The molecular weight excluding hydrogens is 158 g/mol. The highest BCUT2D eigenvalue weighted by atomic mass is 28.1. The molecule has 0 aromatic carbocycles. The van der Waals surface area contributed by atoms with Gasteiger partial charge in [-0.15, -0.1) is 0 Å². The first-order chi connectivity index (χ1) is 5.14. The number of ether oxygens (including phenoxy) is 2. The van der Waals surface area contributed by atoms with Gasteiger partial charge in [0.2, 0.25) is 0 Å². The van der Waals surface area contributed by atoms with Crippen molar-refractivity contribution in [3.8, 4) is 0 Å². The Bertz CT molecular complexity index is 103. The van der Waals surface area contributed by atoms with Crippen molar-refractivity contribution in [2.45, 2.75) is 24.8 Å². The Balaban J connectivity index is 4.19. The monoisotopic (exact) mass is 177 g/mol. The van der Waals surface area contributed by atoms with Gasteiger partial charge in [-0.3, -0.25) is 0 Å². The molecule has 0 saturated heterocycles. The van der Waals surface area contributed by atoms with Gasteiger partial charge in [-0.05, 0) is 13.5 Å². The molecule has 0 aliphatic rings. The van der Waals surface area contributed by atoms with Crippen molar-refractivity contribution in [1.82, 2.24) is 5.32 Å². The Morgan fingerprint density at radius 3 is 2.00 bits per heavy atom. The lowest BCUT2D eigenvalue weighted by molar-refractivity contribution is -0.161. The van der Waals surface area contributed by atoms with E-state index in [0.717, 1.165) is 16.7 Å². The topological polar surface area (TPSA) is 30.5 Å². The van der Waals surface area contributed by atoms with E-state index in [-0.39, 0.29) is 5.41 Å². The lowest BCUT2D eigenvalue weighted by atomic mass is 10.2. The van der Waals surface area contributed by atoms with Crippen molar-refractivity contribution in [3.05, 3.63) is 0 Å². The fourth-order valence-electron chi connectivity index (χ4n) is 1.20. The minimum Gasteiger partial charge on any atom is -0.356 e. The van der Waals surface area contributed by atoms with Crippen LogP contribution in [0.1, 0.15) is 13.3 Å². The molecule has 0 fully saturated rings. The van der Waals surface area contributed by atoms with Crippen LogP contribution in [0.3, 0.4) is 0 Å². The molecule has 0 aliphatic carbocycles. The fourth-order valence-corrected chi connectivity index (χ4v) is 1.90. The third kappa shape index (κ3) is 2.55. The van der Waals surface area contributed by atoms with Gasteiger partial charge in [0, 0.05) is 14.2 Å². The van der Waals surface area contributed by atoms with Crippen LogP contribution in [0.5, 0.6) is 0 Å². The molecule has 11 heavy (non-hydrogen) atoms. The molecule has 68 valence electrons. The number of hydrogen-bond acceptors (Lipinski definition) is 3. The van der Waals surface area contributed by atoms with Gasteiger partial charge in [0.15, 0.2) is 5.41 Å². The summed E-state index contributed by atoms with van der Waals surface area (Å²) in [5.41, 5.74) is -0.372. The Morgan fingerprint density at radius 1 is 1.45 bits per heavy atom. The molecule has 0 aromatic rings. The Kier molecular flexibility index (Phi) is 4.91. The van der Waals surface area contributed by atoms with E-state index in [1.165, 1.54) is 0 Å². The van der Waals surface area contributed by atoms with E-state index < -0.39 is 0 Å². The van der Waals surface area contributed by atoms with Crippen molar-refractivity contribution in [1.29, 1.82) is 0 Å². The summed E-state index contributed by atoms with van der Waals surface area (Å²) in [6, 6.07) is 0.296. The van der Waals surface area contributed by atoms with Crippen molar-refractivity contribution in [2.75, 3.05) is 21.3 Å². The van der Waals surface area contributed by atoms with Gasteiger partial charge in [-0.1, -0.05) is 6.92 Å². The van der Waals surface area contributed by atoms with E-state index in [4.69, 9.17) is 9.47 Å². The van der Waals surface area contributed by atoms with E-state index >= 15 is 0 Å². The number of nitrogens with one attached hydrogen (secondary N) is 1. The van der Waals surface area contributed by atoms with Crippen LogP contribution in [0, 0.1) is 0 Å². The maximum Gasteiger partial charge on any atom is 0.155 e. The minimum absolute atomic E-state index is 0.296. The molecule has 0 radical (unpaired) electrons. The summed E-state index contributed by atoms with van der Waals surface area (Å²) in [6.45, 7) is 2.12. The predicted octanol–water partition coefficient (Wildman–Crippen LogP) is -0.704. The van der Waals surface area contributed by atoms with Gasteiger partial charge < -0.3 is 14.8 Å². The second kappa shape index (κ2) is 4.87. The van der Waals surface area contributed by atoms with E-state index in [1.54, 1.807) is 14.2 Å². The molecule has 0 amide bonds. The largest absolute Gasteiger partial charge is 0.356 e. The second-order valence-corrected chi connectivity index (χ2v) is 4.07. The van der Waals surface area contributed by atoms with E-state index in [1.807, 2.05) is 7.05 Å². The standard InChI is InChI=1S/C7H19NO2Si/c1-5-6(8-2)7(11,9-3)10-4/h6,8H,5H2,1-4,11H3. The van der Waals surface area contributed by atoms with Crippen LogP contribution in [0.2, 0.25) is 0 Å². The second-order valence-electron chi connectivity index (χ2n) is 2.67. The first-order valence-corrected chi connectivity index (χ1v) is 4.92. The van der Waals surface area contributed by atoms with Crippen molar-refractivity contribution < 1.29 is 9.47 Å². The molecule has 4 heteroatoms. The fraction of sp³-hybridized carbons (Fsp3) is 1.00. The van der Waals surface area contributed by atoms with Crippen molar-refractivity contribution >= 4 is 10.2 Å². The Morgan fingerprint density at radius 2 is 1.91 bits per heavy atom. The number of methoxy groups -OCH3 is 2. The molecule has 0 spiro atoms. The molecule has 3 nitrogen and oxygen atoms in total. The predicted molar refractivity (Wildman–Crippen MR) is 49.8 cm³/mol. The number of likely N-dealkylation sites (N-methyl/N-ethyl adjacent to an activating group) is 1. The van der Waals surface area contributed by atoms with Crippen LogP contribution >= 0.6 is 0 Å². The average molecular weight is 177 g/mol. The highest BCUT2D eigenvalue weighted by molar-refractivity contribution is 6.14. The summed E-state index contributed by atoms with van der Waals surface area (Å²) in [4.78, 5) is 0. The smallest absolute Gasteiger partial charge is 0.155 e. The van der Waals surface area contributed by atoms with Gasteiger partial charge >= 0.3 is 0 Å². The summed E-state index contributed by atoms with van der Waals surface area (Å²) in [5.74, 6) is 0. The van der Waals surface area contributed by atoms with E-state index in [0.29, 0.717) is 6.04 Å². The van der Waals surface area contributed by atoms with E-state index in [2.05, 4.69) is 12.2 Å². The molecule has 1 atom stereocenters. The molecule has 0 saturated carbocycles. The van der Waals surface area contributed by atoms with Crippen LogP contribution in [0.4, 0.5) is 0 Å². The molecule has 0 aliphatic heterocycles. The molecule has 0 bridgehead atoms. The zero-order valence-corrected chi connectivity index (χ0v) is 10.1. The van der Waals surface area contributed by atoms with Crippen LogP contribution in [-0.2, 0) is 9.47 Å². The molecular formula is C7H19NO2Si. The third-order valence-electron chi connectivity index (χ3n) is 2.20. The van der Waals surface area contributed by atoms with Crippen LogP contribution in [-0.4, -0.2) is 43.0 Å². The summed E-state index contributed by atoms with van der Waals surface area (Å²) < 4.78 is 10.6. The zero-order chi connectivity index (χ0) is 8.91. The van der Waals surface area contributed by atoms with Gasteiger partial charge in [-0.2, -0.15) is 0 Å². The Labute approximate surface area is 71.9 Å². The van der Waals surface area contributed by atoms with Crippen LogP contribution in [0.15, 0.2) is 0 Å². The highest BCUT2D eigenvalue weighted by Gasteiger charge is 2.30. The molecule has 0 aromatic heterocycles. The molecule has 1 N–H and O–H groups in total. The molecule has 0 rings (SSSR count). The molecule has 0 heterocycles. The zero-order valence-electron chi connectivity index (χ0n) is 8.10. The first-order valence-electron chi connectivity index (χ1n) is 3.92. The SMILES string of the molecule is CCC(NC)C([SiH3])(OC)OC. The van der Waals surface area contributed by atoms with E-state index in [9.17, 15) is 0 Å². The van der Waals surface area contributed by atoms with Crippen LogP contribution in [0.25, 0.3) is 0 Å². The maximum atomic E-state index is 5.31. The third-order valence-corrected chi connectivity index (χ3v) is 3.71. The summed E-state index contributed by atoms with van der Waals surface area (Å²) in [5, 5.41) is 3.18. The van der Waals surface area contributed by atoms with Crippen molar-refractivity contribution in [2.24, 2.45) is 0 Å². The Hall–Kier alpha value is 0.0969. The summed E-state index contributed by atoms with van der Waals surface area (Å²) in [7, 11) is 6.18. The average Bonchev–Trinajstić information content (AvgIpc) is 2.06. The minimum atomic E-state index is -0.372. The maximum absolute atomic E-state index is 5.31. The van der Waals surface area contributed by atoms with Gasteiger partial charge in [0.25, 0.3) is 0 Å². The summed E-state index contributed by atoms with van der Waals surface area (Å²) >= 11 is 0. The van der Waals surface area contributed by atoms with Gasteiger partial charge in [0.05, 0.1) is 16.3 Å². The highest BCUT2D eigenvalue weighted by Crippen LogP contribution is 2.13. The number of rotatable bonds is 5.